The molecule has 3 nitrogen and oxygen atoms in total. The Bertz CT molecular complexity index is 324. The van der Waals surface area contributed by atoms with Crippen LogP contribution in [0.4, 0.5) is 0 Å². The van der Waals surface area contributed by atoms with Gasteiger partial charge >= 0.3 is 0 Å². The number of ether oxygens (including phenoxy) is 1. The molecule has 0 saturated heterocycles. The van der Waals surface area contributed by atoms with Gasteiger partial charge in [-0.3, -0.25) is 0 Å². The summed E-state index contributed by atoms with van der Waals surface area (Å²) in [7, 11) is 0. The van der Waals surface area contributed by atoms with Gasteiger partial charge in [-0.25, -0.2) is 0 Å². The van der Waals surface area contributed by atoms with Gasteiger partial charge in [0.05, 0.1) is 5.60 Å². The van der Waals surface area contributed by atoms with E-state index in [2.05, 4.69) is 20.8 Å². The van der Waals surface area contributed by atoms with Gasteiger partial charge in [-0.15, -0.1) is 0 Å². The third-order valence-electron chi connectivity index (χ3n) is 6.59. The highest BCUT2D eigenvalue weighted by Crippen LogP contribution is 2.34. The quantitative estimate of drug-likeness (QED) is 0.172. The lowest BCUT2D eigenvalue weighted by molar-refractivity contribution is -0.0860. The van der Waals surface area contributed by atoms with Crippen molar-refractivity contribution < 1.29 is 4.74 Å². The molecule has 0 aliphatic heterocycles. The predicted octanol–water partition coefficient (Wildman–Crippen LogP) is 7.36. The van der Waals surface area contributed by atoms with Crippen LogP contribution in [-0.2, 0) is 4.74 Å². The lowest BCUT2D eigenvalue weighted by Gasteiger charge is -2.38. The summed E-state index contributed by atoms with van der Waals surface area (Å²) in [6.45, 7) is 9.31. The summed E-state index contributed by atoms with van der Waals surface area (Å²) in [5, 5.41) is 0. The molecule has 0 radical (unpaired) electrons. The number of nitrogens with two attached hydrogens (primary N) is 2. The molecule has 0 aromatic heterocycles. The van der Waals surface area contributed by atoms with Gasteiger partial charge in [0.2, 0.25) is 0 Å². The van der Waals surface area contributed by atoms with Crippen molar-refractivity contribution in [3.63, 3.8) is 0 Å². The molecule has 0 amide bonds. The minimum atomic E-state index is -0.0523. The summed E-state index contributed by atoms with van der Waals surface area (Å²) in [6, 6.07) is 0. The average Bonchev–Trinajstić information content (AvgIpc) is 2.72. The standard InChI is InChI=1S/C26H56N2O/c1-4-6-8-10-12-13-15-17-24-29-26(3,21-18-22-27)25(20-23-28)19-16-14-11-9-7-5-2/h25H,4-24,27-28H2,1-3H3. The first-order chi connectivity index (χ1) is 14.1. The van der Waals surface area contributed by atoms with Crippen LogP contribution in [0, 0.1) is 5.92 Å². The van der Waals surface area contributed by atoms with Crippen LogP contribution < -0.4 is 11.5 Å². The van der Waals surface area contributed by atoms with Crippen LogP contribution in [0.2, 0.25) is 0 Å². The van der Waals surface area contributed by atoms with E-state index >= 15 is 0 Å². The molecule has 2 unspecified atom stereocenters. The Morgan fingerprint density at radius 2 is 1.14 bits per heavy atom. The molecule has 0 spiro atoms. The van der Waals surface area contributed by atoms with Gasteiger partial charge in [-0.1, -0.05) is 97.3 Å². The molecule has 0 aliphatic rings. The Kier molecular flexibility index (Phi) is 21.0. The molecule has 0 fully saturated rings. The third-order valence-corrected chi connectivity index (χ3v) is 6.59. The first kappa shape index (κ1) is 28.9. The average molecular weight is 413 g/mol. The molecule has 0 aromatic carbocycles. The maximum atomic E-state index is 6.58. The Hall–Kier alpha value is -0.120. The highest BCUT2D eigenvalue weighted by atomic mass is 16.5. The number of rotatable bonds is 23. The van der Waals surface area contributed by atoms with Crippen molar-refractivity contribution in [2.24, 2.45) is 17.4 Å². The molecule has 4 N–H and O–H groups in total. The topological polar surface area (TPSA) is 61.3 Å². The highest BCUT2D eigenvalue weighted by Gasteiger charge is 2.33. The zero-order valence-corrected chi connectivity index (χ0v) is 20.5. The van der Waals surface area contributed by atoms with Crippen molar-refractivity contribution in [1.82, 2.24) is 0 Å². The van der Waals surface area contributed by atoms with Crippen molar-refractivity contribution in [2.75, 3.05) is 19.7 Å². The fraction of sp³-hybridized carbons (Fsp3) is 1.00. The molecule has 0 heterocycles. The van der Waals surface area contributed by atoms with Crippen molar-refractivity contribution in [2.45, 2.75) is 142 Å². The lowest BCUT2D eigenvalue weighted by Crippen LogP contribution is -2.40. The van der Waals surface area contributed by atoms with Gasteiger partial charge in [0.15, 0.2) is 0 Å². The predicted molar refractivity (Wildman–Crippen MR) is 130 cm³/mol. The van der Waals surface area contributed by atoms with Crippen LogP contribution in [-0.4, -0.2) is 25.3 Å². The normalized spacial score (nSPS) is 14.8. The molecule has 0 bridgehead atoms. The van der Waals surface area contributed by atoms with E-state index in [4.69, 9.17) is 16.2 Å². The first-order valence-corrected chi connectivity index (χ1v) is 13.2. The molecular weight excluding hydrogens is 356 g/mol. The molecule has 2 atom stereocenters. The van der Waals surface area contributed by atoms with E-state index in [1.807, 2.05) is 0 Å². The molecule has 0 aromatic rings. The second-order valence-corrected chi connectivity index (χ2v) is 9.36. The molecule has 0 aliphatic carbocycles. The lowest BCUT2D eigenvalue weighted by atomic mass is 9.79. The fourth-order valence-electron chi connectivity index (χ4n) is 4.52. The Morgan fingerprint density at radius 3 is 1.66 bits per heavy atom. The third kappa shape index (κ3) is 16.3. The SMILES string of the molecule is CCCCCCCCCCOC(C)(CCCN)C(CCN)CCCCCCCC. The van der Waals surface area contributed by atoms with Crippen LogP contribution in [0.25, 0.3) is 0 Å². The van der Waals surface area contributed by atoms with Crippen LogP contribution >= 0.6 is 0 Å². The van der Waals surface area contributed by atoms with Crippen LogP contribution in [0.1, 0.15) is 136 Å². The maximum Gasteiger partial charge on any atom is 0.0683 e. The van der Waals surface area contributed by atoms with Gasteiger partial charge < -0.3 is 16.2 Å². The molecule has 0 rings (SSSR count). The minimum Gasteiger partial charge on any atom is -0.375 e. The number of unbranched alkanes of at least 4 members (excludes halogenated alkanes) is 12. The zero-order chi connectivity index (χ0) is 21.6. The fourth-order valence-corrected chi connectivity index (χ4v) is 4.52. The second kappa shape index (κ2) is 21.1. The number of hydrogen-bond donors (Lipinski definition) is 2. The smallest absolute Gasteiger partial charge is 0.0683 e. The Morgan fingerprint density at radius 1 is 0.621 bits per heavy atom. The van der Waals surface area contributed by atoms with Crippen LogP contribution in [0.5, 0.6) is 0 Å². The first-order valence-electron chi connectivity index (χ1n) is 13.2. The molecule has 3 heteroatoms. The van der Waals surface area contributed by atoms with E-state index in [1.165, 1.54) is 96.3 Å². The molecule has 29 heavy (non-hydrogen) atoms. The van der Waals surface area contributed by atoms with Crippen molar-refractivity contribution >= 4 is 0 Å². The summed E-state index contributed by atoms with van der Waals surface area (Å²) in [5.41, 5.74) is 11.8. The van der Waals surface area contributed by atoms with E-state index in [-0.39, 0.29) is 5.60 Å². The van der Waals surface area contributed by atoms with E-state index in [9.17, 15) is 0 Å². The van der Waals surface area contributed by atoms with Gasteiger partial charge in [-0.05, 0) is 58.0 Å². The van der Waals surface area contributed by atoms with Gasteiger partial charge in [0, 0.05) is 6.61 Å². The minimum absolute atomic E-state index is 0.0523. The van der Waals surface area contributed by atoms with E-state index in [0.29, 0.717) is 5.92 Å². The second-order valence-electron chi connectivity index (χ2n) is 9.36. The van der Waals surface area contributed by atoms with E-state index in [1.54, 1.807) is 0 Å². The van der Waals surface area contributed by atoms with Crippen molar-refractivity contribution in [3.05, 3.63) is 0 Å². The summed E-state index contributed by atoms with van der Waals surface area (Å²) in [6.07, 6.45) is 23.3. The van der Waals surface area contributed by atoms with Gasteiger partial charge in [-0.2, -0.15) is 0 Å². The molecular formula is C26H56N2O. The molecule has 176 valence electrons. The van der Waals surface area contributed by atoms with Gasteiger partial charge in [0.25, 0.3) is 0 Å². The summed E-state index contributed by atoms with van der Waals surface area (Å²) >= 11 is 0. The maximum absolute atomic E-state index is 6.58. The summed E-state index contributed by atoms with van der Waals surface area (Å²) in [4.78, 5) is 0. The van der Waals surface area contributed by atoms with Crippen LogP contribution in [0.15, 0.2) is 0 Å². The molecule has 0 saturated carbocycles. The monoisotopic (exact) mass is 412 g/mol. The Balaban J connectivity index is 4.31. The largest absolute Gasteiger partial charge is 0.375 e. The zero-order valence-electron chi connectivity index (χ0n) is 20.5. The van der Waals surface area contributed by atoms with Crippen molar-refractivity contribution in [3.8, 4) is 0 Å². The van der Waals surface area contributed by atoms with Crippen molar-refractivity contribution in [1.29, 1.82) is 0 Å². The van der Waals surface area contributed by atoms with Gasteiger partial charge in [0.1, 0.15) is 0 Å². The van der Waals surface area contributed by atoms with Crippen LogP contribution in [0.3, 0.4) is 0 Å². The van der Waals surface area contributed by atoms with E-state index < -0.39 is 0 Å². The number of hydrogen-bond acceptors (Lipinski definition) is 3. The Labute approximate surface area is 184 Å². The highest BCUT2D eigenvalue weighted by molar-refractivity contribution is 4.85. The summed E-state index contributed by atoms with van der Waals surface area (Å²) in [5.74, 6) is 0.569. The van der Waals surface area contributed by atoms with E-state index in [0.717, 1.165) is 39.0 Å². The summed E-state index contributed by atoms with van der Waals surface area (Å²) < 4.78 is 6.58.